The number of carbonyl (C=O) groups is 2. The maximum absolute atomic E-state index is 11.4. The Morgan fingerprint density at radius 1 is 1.21 bits per heavy atom. The van der Waals surface area contributed by atoms with Crippen molar-refractivity contribution in [1.29, 1.82) is 0 Å². The molecule has 2 rings (SSSR count). The van der Waals surface area contributed by atoms with E-state index in [0.29, 0.717) is 19.7 Å². The van der Waals surface area contributed by atoms with Gasteiger partial charge >= 0.3 is 0 Å². The minimum Gasteiger partial charge on any atom is -0.376 e. The van der Waals surface area contributed by atoms with Crippen LogP contribution in [0.2, 0.25) is 0 Å². The molecule has 0 aromatic rings. The van der Waals surface area contributed by atoms with Gasteiger partial charge in [-0.1, -0.05) is 0 Å². The Kier molecular flexibility index (Phi) is 5.34. The zero-order chi connectivity index (χ0) is 13.7. The predicted molar refractivity (Wildman–Crippen MR) is 71.8 cm³/mol. The molecule has 1 saturated heterocycles. The van der Waals surface area contributed by atoms with Gasteiger partial charge in [-0.15, -0.1) is 0 Å². The van der Waals surface area contributed by atoms with Gasteiger partial charge in [-0.2, -0.15) is 0 Å². The number of nitrogens with one attached hydrogen (secondary N) is 1. The minimum absolute atomic E-state index is 0.180. The summed E-state index contributed by atoms with van der Waals surface area (Å²) in [4.78, 5) is 24.6. The van der Waals surface area contributed by atoms with E-state index in [4.69, 9.17) is 4.74 Å². The predicted octanol–water partition coefficient (Wildman–Crippen LogP) is 0.583. The van der Waals surface area contributed by atoms with Gasteiger partial charge in [0.1, 0.15) is 5.78 Å². The molecule has 1 saturated carbocycles. The first-order valence-electron chi connectivity index (χ1n) is 7.26. The van der Waals surface area contributed by atoms with Gasteiger partial charge in [0.15, 0.2) is 0 Å². The number of nitrogens with zero attached hydrogens (tertiary/aromatic N) is 1. The average Bonchev–Trinajstić information content (AvgIpc) is 3.20. The van der Waals surface area contributed by atoms with Crippen molar-refractivity contribution in [3.63, 3.8) is 0 Å². The van der Waals surface area contributed by atoms with Crippen LogP contribution >= 0.6 is 0 Å². The van der Waals surface area contributed by atoms with Crippen LogP contribution in [0.5, 0.6) is 0 Å². The van der Waals surface area contributed by atoms with E-state index >= 15 is 0 Å². The van der Waals surface area contributed by atoms with Crippen molar-refractivity contribution in [2.24, 2.45) is 5.92 Å². The van der Waals surface area contributed by atoms with Crippen LogP contribution in [-0.4, -0.2) is 55.5 Å². The number of ketones is 1. The van der Waals surface area contributed by atoms with E-state index in [-0.39, 0.29) is 23.7 Å². The maximum atomic E-state index is 11.4. The number of ether oxygens (including phenoxy) is 1. The second kappa shape index (κ2) is 7.01. The van der Waals surface area contributed by atoms with Crippen LogP contribution in [-0.2, 0) is 14.3 Å². The summed E-state index contributed by atoms with van der Waals surface area (Å²) in [6.07, 6.45) is 4.32. The molecule has 1 aliphatic carbocycles. The van der Waals surface area contributed by atoms with E-state index in [0.717, 1.165) is 38.8 Å². The van der Waals surface area contributed by atoms with Gasteiger partial charge in [0.2, 0.25) is 5.91 Å². The van der Waals surface area contributed by atoms with E-state index in [2.05, 4.69) is 10.2 Å². The SMILES string of the molecule is CC(=O)CN1CCC(OCCNC(=O)C2CC2)CC1. The fourth-order valence-corrected chi connectivity index (χ4v) is 2.44. The normalized spacial score (nSPS) is 21.3. The van der Waals surface area contributed by atoms with Gasteiger partial charge in [0, 0.05) is 25.6 Å². The summed E-state index contributed by atoms with van der Waals surface area (Å²) in [5, 5.41) is 2.90. The Morgan fingerprint density at radius 2 is 1.89 bits per heavy atom. The number of carbonyl (C=O) groups excluding carboxylic acids is 2. The summed E-state index contributed by atoms with van der Waals surface area (Å²) in [7, 11) is 0. The molecule has 0 radical (unpaired) electrons. The molecule has 108 valence electrons. The van der Waals surface area contributed by atoms with Crippen molar-refractivity contribution in [3.8, 4) is 0 Å². The lowest BCUT2D eigenvalue weighted by Crippen LogP contribution is -2.40. The van der Waals surface area contributed by atoms with E-state index in [1.807, 2.05) is 0 Å². The highest BCUT2D eigenvalue weighted by Gasteiger charge is 2.29. The van der Waals surface area contributed by atoms with Crippen LogP contribution in [0.25, 0.3) is 0 Å². The molecule has 1 heterocycles. The fraction of sp³-hybridized carbons (Fsp3) is 0.857. The third-order valence-electron chi connectivity index (χ3n) is 3.68. The summed E-state index contributed by atoms with van der Waals surface area (Å²) < 4.78 is 5.76. The first-order chi connectivity index (χ1) is 9.15. The number of hydrogen-bond donors (Lipinski definition) is 1. The molecule has 0 bridgehead atoms. The molecule has 1 aliphatic heterocycles. The summed E-state index contributed by atoms with van der Waals surface area (Å²) in [5.74, 6) is 0.678. The van der Waals surface area contributed by atoms with Gasteiger partial charge in [0.05, 0.1) is 19.3 Å². The minimum atomic E-state index is 0.180. The lowest BCUT2D eigenvalue weighted by atomic mass is 10.1. The van der Waals surface area contributed by atoms with Crippen LogP contribution in [0.15, 0.2) is 0 Å². The lowest BCUT2D eigenvalue weighted by Gasteiger charge is -2.31. The van der Waals surface area contributed by atoms with Gasteiger partial charge in [0.25, 0.3) is 0 Å². The third-order valence-corrected chi connectivity index (χ3v) is 3.68. The highest BCUT2D eigenvalue weighted by molar-refractivity contribution is 5.80. The molecular weight excluding hydrogens is 244 g/mol. The highest BCUT2D eigenvalue weighted by Crippen LogP contribution is 2.28. The number of likely N-dealkylation sites (tertiary alicyclic amines) is 1. The molecule has 5 heteroatoms. The van der Waals surface area contributed by atoms with E-state index in [1.54, 1.807) is 6.92 Å². The van der Waals surface area contributed by atoms with Crippen LogP contribution < -0.4 is 5.32 Å². The number of Topliss-reactive ketones (excluding diaryl/α,β-unsaturated/α-hetero) is 1. The molecule has 1 amide bonds. The molecule has 0 atom stereocenters. The van der Waals surface area contributed by atoms with Crippen molar-refractivity contribution in [3.05, 3.63) is 0 Å². The van der Waals surface area contributed by atoms with Gasteiger partial charge in [-0.25, -0.2) is 0 Å². The van der Waals surface area contributed by atoms with Crippen molar-refractivity contribution in [2.45, 2.75) is 38.7 Å². The highest BCUT2D eigenvalue weighted by atomic mass is 16.5. The largest absolute Gasteiger partial charge is 0.376 e. The zero-order valence-electron chi connectivity index (χ0n) is 11.7. The molecular formula is C14H24N2O3. The molecule has 2 aliphatic rings. The van der Waals surface area contributed by atoms with E-state index < -0.39 is 0 Å². The Bertz CT molecular complexity index is 321. The zero-order valence-corrected chi connectivity index (χ0v) is 11.7. The van der Waals surface area contributed by atoms with Gasteiger partial charge in [-0.3, -0.25) is 14.5 Å². The summed E-state index contributed by atoms with van der Waals surface area (Å²) in [5.41, 5.74) is 0. The Balaban J connectivity index is 1.50. The summed E-state index contributed by atoms with van der Waals surface area (Å²) >= 11 is 0. The van der Waals surface area contributed by atoms with Crippen LogP contribution in [0, 0.1) is 5.92 Å². The number of hydrogen-bond acceptors (Lipinski definition) is 4. The number of amides is 1. The topological polar surface area (TPSA) is 58.6 Å². The molecule has 1 N–H and O–H groups in total. The van der Waals surface area contributed by atoms with Gasteiger partial charge in [-0.05, 0) is 32.6 Å². The van der Waals surface area contributed by atoms with Crippen LogP contribution in [0.1, 0.15) is 32.6 Å². The lowest BCUT2D eigenvalue weighted by molar-refractivity contribution is -0.122. The van der Waals surface area contributed by atoms with Crippen LogP contribution in [0.3, 0.4) is 0 Å². The maximum Gasteiger partial charge on any atom is 0.223 e. The Morgan fingerprint density at radius 3 is 2.47 bits per heavy atom. The summed E-state index contributed by atoms with van der Waals surface area (Å²) in [6, 6.07) is 0. The van der Waals surface area contributed by atoms with Crippen molar-refractivity contribution in [1.82, 2.24) is 10.2 Å². The van der Waals surface area contributed by atoms with Crippen molar-refractivity contribution < 1.29 is 14.3 Å². The van der Waals surface area contributed by atoms with Crippen molar-refractivity contribution >= 4 is 11.7 Å². The number of piperidine rings is 1. The molecule has 0 spiro atoms. The fourth-order valence-electron chi connectivity index (χ4n) is 2.44. The smallest absolute Gasteiger partial charge is 0.223 e. The monoisotopic (exact) mass is 268 g/mol. The quantitative estimate of drug-likeness (QED) is 0.686. The number of rotatable bonds is 7. The van der Waals surface area contributed by atoms with Crippen molar-refractivity contribution in [2.75, 3.05) is 32.8 Å². The first kappa shape index (κ1) is 14.5. The molecule has 0 unspecified atom stereocenters. The molecule has 0 aromatic heterocycles. The Hall–Kier alpha value is -0.940. The molecule has 0 aromatic carbocycles. The second-order valence-electron chi connectivity index (χ2n) is 5.61. The average molecular weight is 268 g/mol. The Labute approximate surface area is 114 Å². The standard InChI is InChI=1S/C14H24N2O3/c1-11(17)10-16-7-4-13(5-8-16)19-9-6-15-14(18)12-2-3-12/h12-13H,2-10H2,1H3,(H,15,18). The first-order valence-corrected chi connectivity index (χ1v) is 7.26. The van der Waals surface area contributed by atoms with E-state index in [9.17, 15) is 9.59 Å². The summed E-state index contributed by atoms with van der Waals surface area (Å²) in [6.45, 7) is 5.26. The van der Waals surface area contributed by atoms with Gasteiger partial charge < -0.3 is 10.1 Å². The molecule has 2 fully saturated rings. The molecule has 5 nitrogen and oxygen atoms in total. The van der Waals surface area contributed by atoms with E-state index in [1.165, 1.54) is 0 Å². The third kappa shape index (κ3) is 5.28. The molecule has 19 heavy (non-hydrogen) atoms. The second-order valence-corrected chi connectivity index (χ2v) is 5.61. The van der Waals surface area contributed by atoms with Crippen LogP contribution in [0.4, 0.5) is 0 Å².